The molecule has 33 heavy (non-hydrogen) atoms. The van der Waals surface area contributed by atoms with Crippen LogP contribution in [0, 0.1) is 0 Å². The number of ether oxygens (including phenoxy) is 1. The van der Waals surface area contributed by atoms with Crippen LogP contribution in [-0.4, -0.2) is 37.6 Å². The second-order valence-electron chi connectivity index (χ2n) is 8.83. The number of carbonyl (C=O) groups excluding carboxylic acids is 1. The molecular formula is C29H34N2O2. The summed E-state index contributed by atoms with van der Waals surface area (Å²) in [5.74, 6) is 0.799. The van der Waals surface area contributed by atoms with Gasteiger partial charge >= 0.3 is 0 Å². The van der Waals surface area contributed by atoms with Crippen molar-refractivity contribution < 1.29 is 9.53 Å². The first-order valence-corrected chi connectivity index (χ1v) is 12.0. The van der Waals surface area contributed by atoms with Crippen molar-refractivity contribution in [3.8, 4) is 16.9 Å². The summed E-state index contributed by atoms with van der Waals surface area (Å²) in [6, 6.07) is 25.0. The molecule has 1 aliphatic rings. The fraction of sp³-hybridized carbons (Fsp3) is 0.345. The van der Waals surface area contributed by atoms with Crippen molar-refractivity contribution in [3.05, 3.63) is 89.5 Å². The summed E-state index contributed by atoms with van der Waals surface area (Å²) in [6.07, 6.45) is 4.81. The van der Waals surface area contributed by atoms with Crippen LogP contribution in [-0.2, 0) is 6.42 Å². The molecule has 0 aliphatic carbocycles. The SMILES string of the molecule is COc1ccc(-c2ccc(C(=O)NCCc3ccc(C(C)N4CCCCC4)cc3)cc2)cc1. The molecule has 0 saturated carbocycles. The van der Waals surface area contributed by atoms with Crippen LogP contribution < -0.4 is 10.1 Å². The van der Waals surface area contributed by atoms with Gasteiger partial charge in [0.25, 0.3) is 5.91 Å². The van der Waals surface area contributed by atoms with E-state index in [1.54, 1.807) is 7.11 Å². The molecule has 3 aromatic carbocycles. The fourth-order valence-electron chi connectivity index (χ4n) is 4.50. The molecule has 1 fully saturated rings. The Labute approximate surface area is 197 Å². The van der Waals surface area contributed by atoms with Crippen molar-refractivity contribution >= 4 is 5.91 Å². The van der Waals surface area contributed by atoms with Crippen LogP contribution in [0.1, 0.15) is 53.7 Å². The van der Waals surface area contributed by atoms with Gasteiger partial charge in [0.05, 0.1) is 7.11 Å². The van der Waals surface area contributed by atoms with Gasteiger partial charge in [-0.2, -0.15) is 0 Å². The van der Waals surface area contributed by atoms with Crippen LogP contribution in [0.2, 0.25) is 0 Å². The van der Waals surface area contributed by atoms with E-state index in [2.05, 4.69) is 41.4 Å². The van der Waals surface area contributed by atoms with Crippen molar-refractivity contribution in [1.82, 2.24) is 10.2 Å². The highest BCUT2D eigenvalue weighted by atomic mass is 16.5. The highest BCUT2D eigenvalue weighted by molar-refractivity contribution is 5.94. The predicted octanol–water partition coefficient (Wildman–Crippen LogP) is 5.88. The maximum Gasteiger partial charge on any atom is 0.251 e. The zero-order valence-corrected chi connectivity index (χ0v) is 19.7. The minimum atomic E-state index is -0.0355. The molecule has 0 radical (unpaired) electrons. The summed E-state index contributed by atoms with van der Waals surface area (Å²) < 4.78 is 5.21. The Hall–Kier alpha value is -3.11. The first-order valence-electron chi connectivity index (χ1n) is 12.0. The first-order chi connectivity index (χ1) is 16.1. The molecule has 1 aliphatic heterocycles. The summed E-state index contributed by atoms with van der Waals surface area (Å²) in [7, 11) is 1.66. The Morgan fingerprint density at radius 1 is 0.879 bits per heavy atom. The molecule has 0 aromatic heterocycles. The van der Waals surface area contributed by atoms with Crippen LogP contribution in [0.4, 0.5) is 0 Å². The number of hydrogen-bond donors (Lipinski definition) is 1. The van der Waals surface area contributed by atoms with Gasteiger partial charge in [-0.25, -0.2) is 0 Å². The molecule has 3 aromatic rings. The van der Waals surface area contributed by atoms with E-state index >= 15 is 0 Å². The van der Waals surface area contributed by atoms with E-state index in [9.17, 15) is 4.79 Å². The highest BCUT2D eigenvalue weighted by Crippen LogP contribution is 2.25. The van der Waals surface area contributed by atoms with Gasteiger partial charge in [-0.1, -0.05) is 55.0 Å². The molecule has 1 unspecified atom stereocenters. The summed E-state index contributed by atoms with van der Waals surface area (Å²) in [5.41, 5.74) is 5.48. The summed E-state index contributed by atoms with van der Waals surface area (Å²) in [4.78, 5) is 15.1. The van der Waals surface area contributed by atoms with Crippen LogP contribution in [0.3, 0.4) is 0 Å². The molecule has 0 spiro atoms. The van der Waals surface area contributed by atoms with Gasteiger partial charge in [0.1, 0.15) is 5.75 Å². The molecular weight excluding hydrogens is 408 g/mol. The normalized spacial score (nSPS) is 15.1. The third-order valence-electron chi connectivity index (χ3n) is 6.67. The quantitative estimate of drug-likeness (QED) is 0.473. The Bertz CT molecular complexity index is 1020. The molecule has 1 amide bonds. The van der Waals surface area contributed by atoms with Crippen molar-refractivity contribution in [2.75, 3.05) is 26.7 Å². The number of likely N-dealkylation sites (tertiary alicyclic amines) is 1. The first kappa shape index (κ1) is 23.1. The summed E-state index contributed by atoms with van der Waals surface area (Å²) in [5, 5.41) is 3.05. The number of nitrogens with zero attached hydrogens (tertiary/aromatic N) is 1. The molecule has 4 nitrogen and oxygen atoms in total. The minimum Gasteiger partial charge on any atom is -0.497 e. The fourth-order valence-corrected chi connectivity index (χ4v) is 4.50. The van der Waals surface area contributed by atoms with Gasteiger partial charge in [0, 0.05) is 18.2 Å². The largest absolute Gasteiger partial charge is 0.497 e. The lowest BCUT2D eigenvalue weighted by Gasteiger charge is -2.32. The number of methoxy groups -OCH3 is 1. The lowest BCUT2D eigenvalue weighted by molar-refractivity contribution is 0.0954. The summed E-state index contributed by atoms with van der Waals surface area (Å²) >= 11 is 0. The summed E-state index contributed by atoms with van der Waals surface area (Å²) in [6.45, 7) is 5.34. The topological polar surface area (TPSA) is 41.6 Å². The second-order valence-corrected chi connectivity index (χ2v) is 8.83. The third kappa shape index (κ3) is 6.02. The highest BCUT2D eigenvalue weighted by Gasteiger charge is 2.17. The number of amides is 1. The lowest BCUT2D eigenvalue weighted by atomic mass is 10.0. The monoisotopic (exact) mass is 442 g/mol. The van der Waals surface area contributed by atoms with Gasteiger partial charge < -0.3 is 10.1 Å². The van der Waals surface area contributed by atoms with Gasteiger partial charge in [-0.3, -0.25) is 9.69 Å². The molecule has 1 N–H and O–H groups in total. The molecule has 1 saturated heterocycles. The molecule has 1 heterocycles. The van der Waals surface area contributed by atoms with Gasteiger partial charge in [0.15, 0.2) is 0 Å². The maximum absolute atomic E-state index is 12.6. The predicted molar refractivity (Wildman–Crippen MR) is 135 cm³/mol. The average molecular weight is 443 g/mol. The Morgan fingerprint density at radius 3 is 2.09 bits per heavy atom. The smallest absolute Gasteiger partial charge is 0.251 e. The van der Waals surface area contributed by atoms with E-state index in [-0.39, 0.29) is 5.91 Å². The maximum atomic E-state index is 12.6. The third-order valence-corrected chi connectivity index (χ3v) is 6.67. The number of carbonyl (C=O) groups is 1. The molecule has 0 bridgehead atoms. The van der Waals surface area contributed by atoms with Crippen molar-refractivity contribution in [2.24, 2.45) is 0 Å². The standard InChI is InChI=1S/C29H34N2O2/c1-22(31-20-4-3-5-21-31)24-8-6-23(7-9-24)18-19-30-29(32)27-12-10-25(11-13-27)26-14-16-28(33-2)17-15-26/h6-17,22H,3-5,18-21H2,1-2H3,(H,30,32). The van der Waals surface area contributed by atoms with Crippen molar-refractivity contribution in [1.29, 1.82) is 0 Å². The van der Waals surface area contributed by atoms with Crippen molar-refractivity contribution in [2.45, 2.75) is 38.6 Å². The number of benzene rings is 3. The van der Waals surface area contributed by atoms with E-state index < -0.39 is 0 Å². The number of nitrogens with one attached hydrogen (secondary N) is 1. The van der Waals surface area contributed by atoms with Gasteiger partial charge in [0.2, 0.25) is 0 Å². The van der Waals surface area contributed by atoms with Crippen LogP contribution in [0.15, 0.2) is 72.8 Å². The number of rotatable bonds is 8. The van der Waals surface area contributed by atoms with Gasteiger partial charge in [-0.05, 0) is 85.8 Å². The Kier molecular flexibility index (Phi) is 7.79. The molecule has 172 valence electrons. The second kappa shape index (κ2) is 11.2. The van der Waals surface area contributed by atoms with Crippen LogP contribution in [0.5, 0.6) is 5.75 Å². The Morgan fingerprint density at radius 2 is 1.48 bits per heavy atom. The van der Waals surface area contributed by atoms with Crippen molar-refractivity contribution in [3.63, 3.8) is 0 Å². The Balaban J connectivity index is 1.26. The van der Waals surface area contributed by atoms with E-state index in [0.717, 1.165) is 23.3 Å². The molecule has 4 rings (SSSR count). The number of hydrogen-bond acceptors (Lipinski definition) is 3. The van der Waals surface area contributed by atoms with E-state index in [4.69, 9.17) is 4.74 Å². The molecule has 1 atom stereocenters. The van der Waals surface area contributed by atoms with Crippen LogP contribution in [0.25, 0.3) is 11.1 Å². The zero-order valence-electron chi connectivity index (χ0n) is 19.7. The van der Waals surface area contributed by atoms with E-state index in [1.165, 1.54) is 43.5 Å². The number of piperidine rings is 1. The lowest BCUT2D eigenvalue weighted by Crippen LogP contribution is -2.32. The molecule has 4 heteroatoms. The van der Waals surface area contributed by atoms with E-state index in [1.807, 2.05) is 48.5 Å². The van der Waals surface area contributed by atoms with Gasteiger partial charge in [-0.15, -0.1) is 0 Å². The minimum absolute atomic E-state index is 0.0355. The average Bonchev–Trinajstić information content (AvgIpc) is 2.89. The zero-order chi connectivity index (χ0) is 23.0. The van der Waals surface area contributed by atoms with E-state index in [0.29, 0.717) is 18.2 Å². The van der Waals surface area contributed by atoms with Crippen LogP contribution >= 0.6 is 0 Å².